The lowest BCUT2D eigenvalue weighted by atomic mass is 9.78. The maximum absolute atomic E-state index is 14.4. The number of ketones is 1. The Morgan fingerprint density at radius 1 is 0.902 bits per heavy atom. The molecule has 1 aliphatic heterocycles. The quantitative estimate of drug-likeness (QED) is 0.261. The first-order valence-electron chi connectivity index (χ1n) is 13.1. The van der Waals surface area contributed by atoms with E-state index in [2.05, 4.69) is 5.32 Å². The summed E-state index contributed by atoms with van der Waals surface area (Å²) in [6.07, 6.45) is 0.655. The number of allylic oxidation sites excluding steroid dienone is 1. The van der Waals surface area contributed by atoms with Crippen molar-refractivity contribution < 1.29 is 18.7 Å². The summed E-state index contributed by atoms with van der Waals surface area (Å²) in [5.41, 5.74) is 4.31. The van der Waals surface area contributed by atoms with Crippen LogP contribution in [-0.4, -0.2) is 18.8 Å². The summed E-state index contributed by atoms with van der Waals surface area (Å²) < 4.78 is 19.5. The minimum Gasteiger partial charge on any atom is -0.497 e. The normalized spacial score (nSPS) is 18.2. The molecule has 0 spiro atoms. The number of ether oxygens (including phenoxy) is 1. The van der Waals surface area contributed by atoms with Gasteiger partial charge in [-0.1, -0.05) is 59.6 Å². The maximum atomic E-state index is 14.4. The summed E-state index contributed by atoms with van der Waals surface area (Å²) >= 11 is 12.5. The number of carbonyl (C=O) groups excluding carboxylic acids is 2. The number of nitrogens with one attached hydrogen (secondary N) is 1. The number of para-hydroxylation sites is 2. The number of benzene rings is 4. The lowest BCUT2D eigenvalue weighted by Gasteiger charge is -2.35. The number of hydrogen-bond donors (Lipinski definition) is 1. The van der Waals surface area contributed by atoms with Crippen molar-refractivity contribution in [1.82, 2.24) is 0 Å². The van der Waals surface area contributed by atoms with Crippen LogP contribution in [0.5, 0.6) is 5.75 Å². The molecule has 206 valence electrons. The Morgan fingerprint density at radius 3 is 2.41 bits per heavy atom. The van der Waals surface area contributed by atoms with Crippen molar-refractivity contribution in [1.29, 1.82) is 0 Å². The summed E-state index contributed by atoms with van der Waals surface area (Å²) in [5.74, 6) is -0.367. The Morgan fingerprint density at radius 2 is 1.68 bits per heavy atom. The Labute approximate surface area is 247 Å². The van der Waals surface area contributed by atoms with E-state index in [1.165, 1.54) is 18.2 Å². The van der Waals surface area contributed by atoms with Gasteiger partial charge >= 0.3 is 0 Å². The highest BCUT2D eigenvalue weighted by Crippen LogP contribution is 2.48. The van der Waals surface area contributed by atoms with E-state index in [1.54, 1.807) is 30.2 Å². The highest BCUT2D eigenvalue weighted by atomic mass is 35.5. The van der Waals surface area contributed by atoms with Gasteiger partial charge < -0.3 is 10.1 Å². The van der Waals surface area contributed by atoms with E-state index in [0.717, 1.165) is 11.1 Å². The first-order valence-corrected chi connectivity index (χ1v) is 13.9. The first kappa shape index (κ1) is 27.1. The zero-order valence-corrected chi connectivity index (χ0v) is 23.5. The van der Waals surface area contributed by atoms with Crippen LogP contribution in [0.4, 0.5) is 15.8 Å². The van der Waals surface area contributed by atoms with Crippen LogP contribution in [0.15, 0.2) is 102 Å². The van der Waals surface area contributed by atoms with Crippen LogP contribution in [0.1, 0.15) is 46.3 Å². The molecule has 1 aliphatic carbocycles. The first-order chi connectivity index (χ1) is 19.8. The number of anilines is 2. The molecule has 4 aromatic rings. The Bertz CT molecular complexity index is 1700. The number of amides is 1. The number of fused-ring (bicyclic) bond motifs is 1. The lowest BCUT2D eigenvalue weighted by molar-refractivity contribution is -0.116. The highest BCUT2D eigenvalue weighted by molar-refractivity contribution is 6.42. The molecule has 5 nitrogen and oxygen atoms in total. The maximum Gasteiger partial charge on any atom is 0.259 e. The number of carbonyl (C=O) groups is 2. The number of nitrogens with zero attached hydrogens (tertiary/aromatic N) is 1. The van der Waals surface area contributed by atoms with Crippen molar-refractivity contribution >= 4 is 46.3 Å². The Hall–Kier alpha value is -4.13. The van der Waals surface area contributed by atoms with Crippen molar-refractivity contribution in [3.8, 4) is 5.75 Å². The van der Waals surface area contributed by atoms with Crippen molar-refractivity contribution in [2.45, 2.75) is 24.8 Å². The molecule has 1 heterocycles. The van der Waals surface area contributed by atoms with Gasteiger partial charge in [-0.25, -0.2) is 4.39 Å². The van der Waals surface area contributed by atoms with E-state index >= 15 is 0 Å². The van der Waals surface area contributed by atoms with Crippen LogP contribution >= 0.6 is 23.2 Å². The van der Waals surface area contributed by atoms with Crippen molar-refractivity contribution in [3.63, 3.8) is 0 Å². The molecule has 0 saturated heterocycles. The van der Waals surface area contributed by atoms with Crippen LogP contribution in [0.3, 0.4) is 0 Å². The second-order valence-corrected chi connectivity index (χ2v) is 10.9. The molecule has 2 aliphatic rings. The average molecular weight is 587 g/mol. The molecular weight excluding hydrogens is 562 g/mol. The second kappa shape index (κ2) is 11.0. The molecule has 0 aromatic heterocycles. The van der Waals surface area contributed by atoms with Crippen LogP contribution in [0.2, 0.25) is 10.0 Å². The zero-order valence-electron chi connectivity index (χ0n) is 22.0. The fourth-order valence-corrected chi connectivity index (χ4v) is 5.98. The molecule has 4 aromatic carbocycles. The largest absolute Gasteiger partial charge is 0.497 e. The van der Waals surface area contributed by atoms with Gasteiger partial charge in [0, 0.05) is 23.3 Å². The smallest absolute Gasteiger partial charge is 0.259 e. The summed E-state index contributed by atoms with van der Waals surface area (Å²) in [7, 11) is 1.58. The molecule has 0 radical (unpaired) electrons. The van der Waals surface area contributed by atoms with Crippen LogP contribution < -0.4 is 15.0 Å². The van der Waals surface area contributed by atoms with Gasteiger partial charge in [-0.15, -0.1) is 0 Å². The number of hydrogen-bond acceptors (Lipinski definition) is 4. The topological polar surface area (TPSA) is 58.6 Å². The van der Waals surface area contributed by atoms with Gasteiger partial charge in [0.25, 0.3) is 5.91 Å². The zero-order chi connectivity index (χ0) is 28.7. The SMILES string of the molecule is COc1ccc([C@@H]2C3=C(C[C@@H](c4cccc(F)c4)CC3=O)Nc3ccccc3N2C(=O)c2ccc(Cl)c(Cl)c2)cc1. The van der Waals surface area contributed by atoms with Gasteiger partial charge in [0.1, 0.15) is 11.6 Å². The molecule has 0 saturated carbocycles. The third kappa shape index (κ3) is 5.09. The molecule has 41 heavy (non-hydrogen) atoms. The monoisotopic (exact) mass is 586 g/mol. The Kier molecular flexibility index (Phi) is 7.28. The number of Topliss-reactive ketones (excluding diaryl/α,β-unsaturated/α-hetero) is 1. The van der Waals surface area contributed by atoms with E-state index in [0.29, 0.717) is 45.4 Å². The summed E-state index contributed by atoms with van der Waals surface area (Å²) in [4.78, 5) is 30.2. The van der Waals surface area contributed by atoms with Gasteiger partial charge in [0.05, 0.1) is 34.6 Å². The van der Waals surface area contributed by atoms with Gasteiger partial charge in [0.2, 0.25) is 0 Å². The average Bonchev–Trinajstić information content (AvgIpc) is 3.13. The molecule has 6 rings (SSSR count). The van der Waals surface area contributed by atoms with E-state index in [-0.39, 0.29) is 34.9 Å². The summed E-state index contributed by atoms with van der Waals surface area (Å²) in [5, 5.41) is 4.08. The van der Waals surface area contributed by atoms with Crippen molar-refractivity contribution in [3.05, 3.63) is 135 Å². The third-order valence-corrected chi connectivity index (χ3v) is 8.36. The molecule has 8 heteroatoms. The fourth-order valence-electron chi connectivity index (χ4n) is 5.68. The van der Waals surface area contributed by atoms with Crippen molar-refractivity contribution in [2.24, 2.45) is 0 Å². The van der Waals surface area contributed by atoms with E-state index in [1.807, 2.05) is 54.6 Å². The standard InChI is InChI=1S/C33H25Cl2FN2O3/c1-41-24-12-9-19(10-13-24)32-31-28(17-22(18-30(31)39)20-5-4-6-23(36)15-20)37-27-7-2-3-8-29(27)38(32)33(40)21-11-14-25(34)26(35)16-21/h2-16,22,32,37H,17-18H2,1H3/t22-,32-/m1/s1. The number of halogens is 3. The summed E-state index contributed by atoms with van der Waals surface area (Å²) in [6.45, 7) is 0. The number of methoxy groups -OCH3 is 1. The molecule has 0 fully saturated rings. The molecule has 1 amide bonds. The molecule has 0 bridgehead atoms. The molecule has 2 atom stereocenters. The molecular formula is C33H25Cl2FN2O3. The second-order valence-electron chi connectivity index (χ2n) is 10.1. The van der Waals surface area contributed by atoms with Gasteiger partial charge in [-0.05, 0) is 78.1 Å². The molecule has 0 unspecified atom stereocenters. The highest BCUT2D eigenvalue weighted by Gasteiger charge is 2.42. The minimum atomic E-state index is -0.755. The minimum absolute atomic E-state index is 0.117. The predicted molar refractivity (Wildman–Crippen MR) is 159 cm³/mol. The van der Waals surface area contributed by atoms with Gasteiger partial charge in [0.15, 0.2) is 5.78 Å². The third-order valence-electron chi connectivity index (χ3n) is 7.63. The van der Waals surface area contributed by atoms with Crippen LogP contribution in [-0.2, 0) is 4.79 Å². The van der Waals surface area contributed by atoms with E-state index < -0.39 is 6.04 Å². The number of rotatable bonds is 4. The van der Waals surface area contributed by atoms with Crippen molar-refractivity contribution in [2.75, 3.05) is 17.3 Å². The van der Waals surface area contributed by atoms with E-state index in [9.17, 15) is 14.0 Å². The summed E-state index contributed by atoms with van der Waals surface area (Å²) in [6, 6.07) is 25.2. The fraction of sp³-hybridized carbons (Fsp3) is 0.152. The van der Waals surface area contributed by atoms with Gasteiger partial charge in [-0.2, -0.15) is 0 Å². The molecule has 1 N–H and O–H groups in total. The lowest BCUT2D eigenvalue weighted by Crippen LogP contribution is -2.38. The van der Waals surface area contributed by atoms with Crippen LogP contribution in [0.25, 0.3) is 0 Å². The predicted octanol–water partition coefficient (Wildman–Crippen LogP) is 8.36. The van der Waals surface area contributed by atoms with Gasteiger partial charge in [-0.3, -0.25) is 14.5 Å². The van der Waals surface area contributed by atoms with Crippen LogP contribution in [0, 0.1) is 5.82 Å². The van der Waals surface area contributed by atoms with E-state index in [4.69, 9.17) is 27.9 Å². The Balaban J connectivity index is 1.56.